The molecule has 0 radical (unpaired) electrons. The van der Waals surface area contributed by atoms with Crippen molar-refractivity contribution in [3.63, 3.8) is 0 Å². The van der Waals surface area contributed by atoms with Gasteiger partial charge in [0.25, 0.3) is 0 Å². The third kappa shape index (κ3) is 3.40. The van der Waals surface area contributed by atoms with Crippen LogP contribution in [-0.4, -0.2) is 44.0 Å². The third-order valence-corrected chi connectivity index (χ3v) is 4.14. The van der Waals surface area contributed by atoms with Crippen LogP contribution in [0.4, 0.5) is 0 Å². The minimum atomic E-state index is -0.229. The molecule has 2 N–H and O–H groups in total. The van der Waals surface area contributed by atoms with Crippen molar-refractivity contribution in [2.75, 3.05) is 13.1 Å². The number of aliphatic hydroxyl groups is 1. The number of nitrogens with one attached hydrogen (secondary N) is 1. The van der Waals surface area contributed by atoms with Crippen LogP contribution in [0.2, 0.25) is 0 Å². The fraction of sp³-hybridized carbons (Fsp3) is 0.467. The fourth-order valence-corrected chi connectivity index (χ4v) is 2.85. The quantitative estimate of drug-likeness (QED) is 0.855. The molecule has 0 aliphatic carbocycles. The third-order valence-electron chi connectivity index (χ3n) is 3.83. The Hall–Kier alpha value is -1.50. The Labute approximate surface area is 129 Å². The number of nitrogens with zero attached hydrogens (tertiary/aromatic N) is 3. The predicted molar refractivity (Wildman–Crippen MR) is 84.4 cm³/mol. The van der Waals surface area contributed by atoms with E-state index in [1.807, 2.05) is 16.8 Å². The normalized spacial score (nSPS) is 19.8. The second-order valence-electron chi connectivity index (χ2n) is 5.66. The minimum Gasteiger partial charge on any atom is -0.392 e. The van der Waals surface area contributed by atoms with E-state index in [1.54, 1.807) is 0 Å². The summed E-state index contributed by atoms with van der Waals surface area (Å²) in [6.07, 6.45) is 1.68. The van der Waals surface area contributed by atoms with Crippen LogP contribution < -0.4 is 0 Å². The molecule has 21 heavy (non-hydrogen) atoms. The average Bonchev–Trinajstić information content (AvgIpc) is 2.81. The molecule has 0 spiro atoms. The summed E-state index contributed by atoms with van der Waals surface area (Å²) in [6, 6.07) is 8.20. The van der Waals surface area contributed by atoms with Gasteiger partial charge in [0.15, 0.2) is 5.82 Å². The molecule has 1 aromatic carbocycles. The first kappa shape index (κ1) is 14.4. The lowest BCUT2D eigenvalue weighted by atomic mass is 10.1. The van der Waals surface area contributed by atoms with Crippen LogP contribution in [0.3, 0.4) is 0 Å². The largest absolute Gasteiger partial charge is 0.392 e. The number of aromatic nitrogens is 3. The van der Waals surface area contributed by atoms with Gasteiger partial charge < -0.3 is 5.11 Å². The summed E-state index contributed by atoms with van der Waals surface area (Å²) in [6.45, 7) is 4.39. The van der Waals surface area contributed by atoms with Gasteiger partial charge in [-0.1, -0.05) is 29.8 Å². The predicted octanol–water partition coefficient (Wildman–Crippen LogP) is 2.33. The van der Waals surface area contributed by atoms with Gasteiger partial charge in [0.05, 0.1) is 12.8 Å². The zero-order valence-corrected chi connectivity index (χ0v) is 12.9. The van der Waals surface area contributed by atoms with Crippen LogP contribution in [0.1, 0.15) is 18.4 Å². The Bertz CT molecular complexity index is 661. The van der Waals surface area contributed by atoms with Gasteiger partial charge in [-0.2, -0.15) is 4.98 Å². The molecule has 5 nitrogen and oxygen atoms in total. The molecule has 0 amide bonds. The van der Waals surface area contributed by atoms with E-state index in [0.717, 1.165) is 30.8 Å². The van der Waals surface area contributed by atoms with E-state index in [2.05, 4.69) is 34.0 Å². The van der Waals surface area contributed by atoms with E-state index >= 15 is 0 Å². The molecular weight excluding hydrogens is 284 g/mol. The van der Waals surface area contributed by atoms with Crippen LogP contribution >= 0.6 is 12.2 Å². The van der Waals surface area contributed by atoms with Gasteiger partial charge in [-0.3, -0.25) is 10.00 Å². The molecular formula is C15H20N4OS. The second-order valence-corrected chi connectivity index (χ2v) is 6.03. The Balaban J connectivity index is 1.78. The monoisotopic (exact) mass is 304 g/mol. The Morgan fingerprint density at radius 2 is 2.14 bits per heavy atom. The highest BCUT2D eigenvalue weighted by molar-refractivity contribution is 7.71. The maximum Gasteiger partial charge on any atom is 0.217 e. The van der Waals surface area contributed by atoms with Gasteiger partial charge in [0, 0.05) is 18.7 Å². The van der Waals surface area contributed by atoms with Crippen molar-refractivity contribution >= 4 is 12.2 Å². The number of hydrogen-bond acceptors (Lipinski definition) is 4. The molecule has 0 saturated carbocycles. The van der Waals surface area contributed by atoms with E-state index in [9.17, 15) is 5.11 Å². The van der Waals surface area contributed by atoms with Crippen LogP contribution in [-0.2, 0) is 6.67 Å². The van der Waals surface area contributed by atoms with E-state index in [-0.39, 0.29) is 6.10 Å². The Kier molecular flexibility index (Phi) is 4.19. The summed E-state index contributed by atoms with van der Waals surface area (Å²) in [5.74, 6) is 0.789. The average molecular weight is 304 g/mol. The summed E-state index contributed by atoms with van der Waals surface area (Å²) in [7, 11) is 0. The van der Waals surface area contributed by atoms with Gasteiger partial charge >= 0.3 is 0 Å². The lowest BCUT2D eigenvalue weighted by molar-refractivity contribution is 0.0514. The van der Waals surface area contributed by atoms with Crippen molar-refractivity contribution in [1.29, 1.82) is 0 Å². The van der Waals surface area contributed by atoms with Crippen LogP contribution in [0.15, 0.2) is 24.3 Å². The maximum atomic E-state index is 9.73. The summed E-state index contributed by atoms with van der Waals surface area (Å²) in [4.78, 5) is 6.62. The molecule has 0 bridgehead atoms. The standard InChI is InChI=1S/C15H20N4OS/c1-11-4-6-12(7-5-11)14-16-15(21)19(17-14)10-18-8-2-3-13(20)9-18/h4-7,13,20H,2-3,8-10H2,1H3,(H,16,17,21)/t13-/m0/s1. The Morgan fingerprint density at radius 3 is 2.86 bits per heavy atom. The molecule has 1 aromatic heterocycles. The number of hydrogen-bond donors (Lipinski definition) is 2. The summed E-state index contributed by atoms with van der Waals surface area (Å²) < 4.78 is 2.41. The highest BCUT2D eigenvalue weighted by Gasteiger charge is 2.18. The summed E-state index contributed by atoms with van der Waals surface area (Å²) >= 11 is 5.33. The number of aliphatic hydroxyl groups excluding tert-OH is 1. The number of rotatable bonds is 3. The molecule has 3 rings (SSSR count). The number of likely N-dealkylation sites (tertiary alicyclic amines) is 1. The number of aromatic amines is 1. The van der Waals surface area contributed by atoms with Crippen molar-refractivity contribution in [3.05, 3.63) is 34.6 Å². The molecule has 112 valence electrons. The van der Waals surface area contributed by atoms with Crippen molar-refractivity contribution in [1.82, 2.24) is 19.7 Å². The molecule has 1 aliphatic heterocycles. The highest BCUT2D eigenvalue weighted by Crippen LogP contribution is 2.16. The lowest BCUT2D eigenvalue weighted by Crippen LogP contribution is -2.39. The van der Waals surface area contributed by atoms with Crippen LogP contribution in [0.5, 0.6) is 0 Å². The second kappa shape index (κ2) is 6.09. The van der Waals surface area contributed by atoms with Gasteiger partial charge in [0.1, 0.15) is 0 Å². The highest BCUT2D eigenvalue weighted by atomic mass is 32.1. The van der Waals surface area contributed by atoms with Crippen molar-refractivity contribution in [3.8, 4) is 11.4 Å². The molecule has 1 fully saturated rings. The first-order valence-corrected chi connectivity index (χ1v) is 7.67. The van der Waals surface area contributed by atoms with Gasteiger partial charge in [-0.05, 0) is 32.0 Å². The topological polar surface area (TPSA) is 57.1 Å². The molecule has 2 heterocycles. The number of H-pyrrole nitrogens is 1. The van der Waals surface area contributed by atoms with Crippen molar-refractivity contribution in [2.24, 2.45) is 0 Å². The van der Waals surface area contributed by atoms with Crippen molar-refractivity contribution < 1.29 is 5.11 Å². The fourth-order valence-electron chi connectivity index (χ4n) is 2.65. The van der Waals surface area contributed by atoms with E-state index in [1.165, 1.54) is 5.56 Å². The van der Waals surface area contributed by atoms with Crippen molar-refractivity contribution in [2.45, 2.75) is 32.5 Å². The molecule has 1 aliphatic rings. The minimum absolute atomic E-state index is 0.229. The van der Waals surface area contributed by atoms with Gasteiger partial charge in [-0.25, -0.2) is 4.68 Å². The van der Waals surface area contributed by atoms with E-state index in [4.69, 9.17) is 12.2 Å². The van der Waals surface area contributed by atoms with Crippen LogP contribution in [0, 0.1) is 11.7 Å². The smallest absolute Gasteiger partial charge is 0.217 e. The maximum absolute atomic E-state index is 9.73. The molecule has 0 unspecified atom stereocenters. The molecule has 6 heteroatoms. The number of benzene rings is 1. The first-order valence-electron chi connectivity index (χ1n) is 7.26. The molecule has 1 atom stereocenters. The zero-order valence-electron chi connectivity index (χ0n) is 12.1. The summed E-state index contributed by atoms with van der Waals surface area (Å²) in [5, 5.41) is 13.0. The number of piperidine rings is 1. The Morgan fingerprint density at radius 1 is 1.38 bits per heavy atom. The molecule has 2 aromatic rings. The van der Waals surface area contributed by atoms with Crippen LogP contribution in [0.25, 0.3) is 11.4 Å². The molecule has 1 saturated heterocycles. The summed E-state index contributed by atoms with van der Waals surface area (Å²) in [5.41, 5.74) is 2.25. The van der Waals surface area contributed by atoms with Gasteiger partial charge in [0.2, 0.25) is 4.77 Å². The lowest BCUT2D eigenvalue weighted by Gasteiger charge is -2.29. The number of aryl methyl sites for hydroxylation is 1. The van der Waals surface area contributed by atoms with E-state index in [0.29, 0.717) is 18.0 Å². The zero-order chi connectivity index (χ0) is 14.8. The first-order chi connectivity index (χ1) is 10.1. The van der Waals surface area contributed by atoms with E-state index < -0.39 is 0 Å². The number of β-amino-alcohol motifs (C(OH)–C–C–N with tert-alkyl or cyclic N) is 1. The SMILES string of the molecule is Cc1ccc(-c2nc(=S)n(CN3CCC[C@H](O)C3)[nH]2)cc1. The van der Waals surface area contributed by atoms with Gasteiger partial charge in [-0.15, -0.1) is 0 Å².